The molecule has 0 radical (unpaired) electrons. The Morgan fingerprint density at radius 1 is 0.514 bits per heavy atom. The van der Waals surface area contributed by atoms with E-state index in [9.17, 15) is 0 Å². The largest absolute Gasteiger partial charge is 0.151 e. The quantitative estimate of drug-likeness (QED) is 0.0558. The molecule has 0 amide bonds. The van der Waals surface area contributed by atoms with Crippen LogP contribution in [0, 0.1) is 42.4 Å². The van der Waals surface area contributed by atoms with Crippen LogP contribution in [-0.2, 0) is 0 Å². The van der Waals surface area contributed by atoms with Crippen molar-refractivity contribution in [1.82, 2.24) is 0 Å². The maximum absolute atomic E-state index is 6.65. The van der Waals surface area contributed by atoms with Crippen LogP contribution in [0.2, 0.25) is 12.6 Å². The first kappa shape index (κ1) is 53.8. The highest BCUT2D eigenvalue weighted by Gasteiger charge is 2.52. The van der Waals surface area contributed by atoms with Gasteiger partial charge in [0.05, 0.1) is 0 Å². The summed E-state index contributed by atoms with van der Waals surface area (Å²) in [5.74, 6) is 9.27. The van der Waals surface area contributed by atoms with Crippen molar-refractivity contribution in [2.24, 2.45) is 5.41 Å². The van der Waals surface area contributed by atoms with Crippen LogP contribution in [0.15, 0.2) is 180 Å². The van der Waals surface area contributed by atoms with E-state index < -0.39 is 5.41 Å². The van der Waals surface area contributed by atoms with Crippen LogP contribution in [0.4, 0.5) is 0 Å². The van der Waals surface area contributed by atoms with Crippen LogP contribution >= 0.6 is 0 Å². The van der Waals surface area contributed by atoms with Crippen LogP contribution in [-0.4, -0.2) is 126 Å². The lowest BCUT2D eigenvalue weighted by Gasteiger charge is -2.35. The van der Waals surface area contributed by atoms with Crippen LogP contribution < -0.4 is 27.3 Å². The highest BCUT2D eigenvalue weighted by molar-refractivity contribution is 6.68. The summed E-state index contributed by atoms with van der Waals surface area (Å²) < 4.78 is 0. The molecule has 0 bridgehead atoms. The summed E-state index contributed by atoms with van der Waals surface area (Å²) in [5.41, 5.74) is 30.8. The van der Waals surface area contributed by atoms with E-state index >= 15 is 0 Å². The number of allylic oxidation sites excluding steroid dienone is 17. The standard InChI is InChI=1S/C58H58B16/c1-5-39(62)43(29-14-12-13-27(21-29)28-19-20-34-32-17-9-8-15-30(32)31-16-10-11-18-33(31)35(34)22-28)45-37(24-59)58(38(25-60)46(45)49(66)40(63)6-2)23-36(48(65)50(67)41(64)7-3)44(57(58)74)51(68)42(26(4)61)47-52(69)54(71)56(73)55(72)53(47)70/h1-3,8-22H,4,23-25,59-74H2/b43-39+,48-36-,49-40-,50-41-,51-42-. The van der Waals surface area contributed by atoms with Gasteiger partial charge in [-0.3, -0.25) is 0 Å². The lowest BCUT2D eigenvalue weighted by atomic mass is 9.57. The van der Waals surface area contributed by atoms with E-state index in [1.54, 1.807) is 0 Å². The highest BCUT2D eigenvalue weighted by atomic mass is 14.5. The van der Waals surface area contributed by atoms with E-state index in [4.69, 9.17) is 25.8 Å². The summed E-state index contributed by atoms with van der Waals surface area (Å²) in [5, 5.41) is 7.55. The molecule has 0 nitrogen and oxygen atoms in total. The zero-order chi connectivity index (χ0) is 53.8. The third kappa shape index (κ3) is 8.45. The summed E-state index contributed by atoms with van der Waals surface area (Å²) in [6, 6.07) is 33.6. The van der Waals surface area contributed by atoms with Gasteiger partial charge in [-0.05, 0) is 123 Å². The molecular weight excluding hydrogens is 870 g/mol. The Hall–Kier alpha value is -6.52. The molecular formula is C58H58B16. The molecule has 0 N–H and O–H groups in total. The fraction of sp³-hybridized carbons (Fsp3) is 0.0690. The third-order valence-electron chi connectivity index (χ3n) is 17.8. The first-order valence-corrected chi connectivity index (χ1v) is 26.5. The lowest BCUT2D eigenvalue weighted by molar-refractivity contribution is 0.564. The van der Waals surface area contributed by atoms with Gasteiger partial charge in [-0.1, -0.05) is 164 Å². The second-order valence-corrected chi connectivity index (χ2v) is 21.2. The van der Waals surface area contributed by atoms with Crippen LogP contribution in [0.25, 0.3) is 54.6 Å². The predicted octanol–water partition coefficient (Wildman–Crippen LogP) is -5.63. The molecule has 2 aliphatic rings. The van der Waals surface area contributed by atoms with Gasteiger partial charge in [0.25, 0.3) is 0 Å². The minimum Gasteiger partial charge on any atom is -0.116 e. The van der Waals surface area contributed by atoms with Gasteiger partial charge in [0.2, 0.25) is 0 Å². The Bertz CT molecular complexity index is 3860. The van der Waals surface area contributed by atoms with Crippen LogP contribution in [0.3, 0.4) is 0 Å². The molecule has 1 unspecified atom stereocenters. The number of hydrogen-bond acceptors (Lipinski definition) is 0. The second-order valence-electron chi connectivity index (χ2n) is 21.2. The summed E-state index contributed by atoms with van der Waals surface area (Å²) >= 11 is 0. The zero-order valence-electron chi connectivity index (χ0n) is 47.2. The van der Waals surface area contributed by atoms with Crippen molar-refractivity contribution in [3.05, 3.63) is 191 Å². The topological polar surface area (TPSA) is 0 Å². The molecule has 0 heterocycles. The number of hydrogen-bond donors (Lipinski definition) is 0. The smallest absolute Gasteiger partial charge is 0.116 e. The van der Waals surface area contributed by atoms with Crippen LogP contribution in [0.5, 0.6) is 0 Å². The average Bonchev–Trinajstić information content (AvgIpc) is 3.88. The van der Waals surface area contributed by atoms with Crippen molar-refractivity contribution in [2.75, 3.05) is 0 Å². The van der Waals surface area contributed by atoms with Crippen molar-refractivity contribution >= 4 is 196 Å². The molecule has 6 aromatic carbocycles. The third-order valence-corrected chi connectivity index (χ3v) is 17.8. The fourth-order valence-corrected chi connectivity index (χ4v) is 13.2. The van der Waals surface area contributed by atoms with Crippen molar-refractivity contribution in [3.8, 4) is 48.2 Å². The van der Waals surface area contributed by atoms with E-state index in [0.29, 0.717) is 0 Å². The molecule has 0 saturated carbocycles. The van der Waals surface area contributed by atoms with Gasteiger partial charge in [-0.2, -0.15) is 0 Å². The SMILES string of the molecule is BCC1=C(/C(B)=C(/B)C#C)C(/C(=C(/B)C#C)c2cccc(-c3ccc4c5ccccc5c5ccccc5c4c3)c2)=C(CB)C12C/C(=C(B)\C(B)=C(\B)C#C)C(/C(B)=C(\C(B)=C)c1c(B)c(B)c(B)c(B)c1B)=C2B. The second kappa shape index (κ2) is 21.0. The summed E-state index contributed by atoms with van der Waals surface area (Å²) in [6.45, 7) is 4.74. The average molecular weight is 928 g/mol. The Labute approximate surface area is 457 Å². The van der Waals surface area contributed by atoms with Gasteiger partial charge >= 0.3 is 0 Å². The molecule has 0 fully saturated rings. The van der Waals surface area contributed by atoms with E-state index in [2.05, 4.69) is 234 Å². The minimum absolute atomic E-state index is 0.481. The van der Waals surface area contributed by atoms with E-state index in [1.807, 2.05) is 0 Å². The van der Waals surface area contributed by atoms with E-state index in [0.717, 1.165) is 74.2 Å². The molecule has 0 aliphatic heterocycles. The number of fused-ring (bicyclic) bond motifs is 6. The molecule has 2 aliphatic carbocycles. The van der Waals surface area contributed by atoms with Crippen molar-refractivity contribution < 1.29 is 0 Å². The maximum Gasteiger partial charge on any atom is 0.151 e. The molecule has 8 rings (SSSR count). The lowest BCUT2D eigenvalue weighted by Crippen LogP contribution is -2.56. The highest BCUT2D eigenvalue weighted by Crippen LogP contribution is 2.65. The van der Waals surface area contributed by atoms with Gasteiger partial charge in [0.15, 0.2) is 7.85 Å². The Morgan fingerprint density at radius 3 is 1.51 bits per heavy atom. The number of terminal acetylenes is 3. The first-order chi connectivity index (χ1) is 35.3. The number of rotatable bonds is 10. The molecule has 338 valence electrons. The Kier molecular flexibility index (Phi) is 15.3. The van der Waals surface area contributed by atoms with Crippen molar-refractivity contribution in [3.63, 3.8) is 0 Å². The van der Waals surface area contributed by atoms with Gasteiger partial charge in [-0.15, -0.1) is 42.2 Å². The first-order valence-electron chi connectivity index (χ1n) is 26.5. The maximum atomic E-state index is 6.65. The van der Waals surface area contributed by atoms with Crippen molar-refractivity contribution in [2.45, 2.75) is 19.1 Å². The molecule has 0 aromatic heterocycles. The normalized spacial score (nSPS) is 17.7. The van der Waals surface area contributed by atoms with Gasteiger partial charge in [0.1, 0.15) is 118 Å². The predicted molar refractivity (Wildman–Crippen MR) is 374 cm³/mol. The van der Waals surface area contributed by atoms with Gasteiger partial charge < -0.3 is 0 Å². The fourth-order valence-electron chi connectivity index (χ4n) is 13.2. The van der Waals surface area contributed by atoms with Crippen molar-refractivity contribution in [1.29, 1.82) is 0 Å². The van der Waals surface area contributed by atoms with Crippen LogP contribution in [0.1, 0.15) is 17.5 Å². The molecule has 1 spiro atoms. The molecule has 1 atom stereocenters. The minimum atomic E-state index is -0.481. The molecule has 0 saturated heterocycles. The number of benzene rings is 6. The van der Waals surface area contributed by atoms with Gasteiger partial charge in [0, 0.05) is 5.41 Å². The molecule has 6 aromatic rings. The zero-order valence-corrected chi connectivity index (χ0v) is 47.2. The van der Waals surface area contributed by atoms with E-state index in [1.165, 1.54) is 121 Å². The summed E-state index contributed by atoms with van der Waals surface area (Å²) in [4.78, 5) is 0. The molecule has 16 heteroatoms. The summed E-state index contributed by atoms with van der Waals surface area (Å²) in [6.07, 6.45) is 21.7. The Morgan fingerprint density at radius 2 is 1.00 bits per heavy atom. The summed E-state index contributed by atoms with van der Waals surface area (Å²) in [7, 11) is 36.0. The van der Waals surface area contributed by atoms with E-state index in [-0.39, 0.29) is 0 Å². The molecule has 74 heavy (non-hydrogen) atoms. The Balaban J connectivity index is 1.49. The van der Waals surface area contributed by atoms with Gasteiger partial charge in [-0.25, -0.2) is 0 Å². The monoisotopic (exact) mass is 931 g/mol.